The predicted octanol–water partition coefficient (Wildman–Crippen LogP) is 3.77. The summed E-state index contributed by atoms with van der Waals surface area (Å²) < 4.78 is 7.09. The van der Waals surface area contributed by atoms with Gasteiger partial charge in [0.05, 0.1) is 12.9 Å². The monoisotopic (exact) mass is 353 g/mol. The molecule has 0 radical (unpaired) electrons. The minimum Gasteiger partial charge on any atom is -0.497 e. The molecule has 6 heteroatoms. The molecule has 0 bridgehead atoms. The standard InChI is InChI=1S/C19H19N3O2S/c1-13-7-4-5-10-16(13)18-20-21-19(22(18)2)25-12-17(23)14-8-6-9-15(11-14)24-3/h4-11H,12H2,1-3H3. The number of rotatable bonds is 6. The zero-order valence-electron chi connectivity index (χ0n) is 14.4. The minimum atomic E-state index is 0.0318. The lowest BCUT2D eigenvalue weighted by Crippen LogP contribution is -2.04. The van der Waals surface area contributed by atoms with Crippen LogP contribution in [-0.2, 0) is 7.05 Å². The highest BCUT2D eigenvalue weighted by Crippen LogP contribution is 2.25. The van der Waals surface area contributed by atoms with Crippen molar-refractivity contribution in [3.8, 4) is 17.1 Å². The van der Waals surface area contributed by atoms with Crippen molar-refractivity contribution in [1.29, 1.82) is 0 Å². The van der Waals surface area contributed by atoms with Crippen molar-refractivity contribution in [2.45, 2.75) is 12.1 Å². The molecule has 0 fully saturated rings. The third-order valence-corrected chi connectivity index (χ3v) is 4.97. The number of hydrogen-bond acceptors (Lipinski definition) is 5. The normalized spacial score (nSPS) is 10.7. The van der Waals surface area contributed by atoms with Crippen molar-refractivity contribution < 1.29 is 9.53 Å². The van der Waals surface area contributed by atoms with Gasteiger partial charge in [0.2, 0.25) is 0 Å². The first-order chi connectivity index (χ1) is 12.1. The number of aryl methyl sites for hydroxylation is 1. The fourth-order valence-electron chi connectivity index (χ4n) is 2.51. The number of Topliss-reactive ketones (excluding diaryl/α,β-unsaturated/α-hetero) is 1. The van der Waals surface area contributed by atoms with Crippen molar-refractivity contribution in [3.63, 3.8) is 0 Å². The van der Waals surface area contributed by atoms with Crippen LogP contribution < -0.4 is 4.74 Å². The zero-order chi connectivity index (χ0) is 17.8. The summed E-state index contributed by atoms with van der Waals surface area (Å²) in [5, 5.41) is 9.23. The van der Waals surface area contributed by atoms with Gasteiger partial charge in [0.15, 0.2) is 16.8 Å². The summed E-state index contributed by atoms with van der Waals surface area (Å²) in [6.07, 6.45) is 0. The number of ether oxygens (including phenoxy) is 1. The van der Waals surface area contributed by atoms with E-state index in [9.17, 15) is 4.79 Å². The van der Waals surface area contributed by atoms with Crippen LogP contribution >= 0.6 is 11.8 Å². The molecule has 0 aliphatic rings. The molecule has 3 aromatic rings. The number of nitrogens with zero attached hydrogens (tertiary/aromatic N) is 3. The Morgan fingerprint density at radius 2 is 1.96 bits per heavy atom. The second-order valence-corrected chi connectivity index (χ2v) is 6.57. The Kier molecular flexibility index (Phi) is 5.19. The van der Waals surface area contributed by atoms with Crippen molar-refractivity contribution in [1.82, 2.24) is 14.8 Å². The lowest BCUT2D eigenvalue weighted by atomic mass is 10.1. The molecule has 0 atom stereocenters. The van der Waals surface area contributed by atoms with Gasteiger partial charge in [0, 0.05) is 18.2 Å². The molecule has 0 aliphatic carbocycles. The van der Waals surface area contributed by atoms with Crippen LogP contribution in [0, 0.1) is 6.92 Å². The number of carbonyl (C=O) groups excluding carboxylic acids is 1. The van der Waals surface area contributed by atoms with Crippen LogP contribution in [0.25, 0.3) is 11.4 Å². The van der Waals surface area contributed by atoms with E-state index in [2.05, 4.69) is 10.2 Å². The molecule has 25 heavy (non-hydrogen) atoms. The molecular weight excluding hydrogens is 334 g/mol. The topological polar surface area (TPSA) is 57.0 Å². The van der Waals surface area contributed by atoms with E-state index in [0.717, 1.165) is 22.1 Å². The first kappa shape index (κ1) is 17.2. The van der Waals surface area contributed by atoms with E-state index in [1.54, 1.807) is 19.2 Å². The molecule has 0 saturated heterocycles. The van der Waals surface area contributed by atoms with Crippen LogP contribution in [0.5, 0.6) is 5.75 Å². The quantitative estimate of drug-likeness (QED) is 0.499. The molecule has 0 saturated carbocycles. The van der Waals surface area contributed by atoms with Gasteiger partial charge in [-0.05, 0) is 24.6 Å². The van der Waals surface area contributed by atoms with Crippen molar-refractivity contribution in [3.05, 3.63) is 59.7 Å². The summed E-state index contributed by atoms with van der Waals surface area (Å²) >= 11 is 1.38. The van der Waals surface area contributed by atoms with Crippen LogP contribution in [0.3, 0.4) is 0 Å². The van der Waals surface area contributed by atoms with Crippen molar-refractivity contribution in [2.24, 2.45) is 7.05 Å². The Morgan fingerprint density at radius 1 is 1.16 bits per heavy atom. The SMILES string of the molecule is COc1cccc(C(=O)CSc2nnc(-c3ccccc3C)n2C)c1. The number of aromatic nitrogens is 3. The maximum atomic E-state index is 12.4. The van der Waals surface area contributed by atoms with Crippen LogP contribution in [0.1, 0.15) is 15.9 Å². The summed E-state index contributed by atoms with van der Waals surface area (Å²) in [4.78, 5) is 12.4. The van der Waals surface area contributed by atoms with E-state index in [1.165, 1.54) is 11.8 Å². The highest BCUT2D eigenvalue weighted by molar-refractivity contribution is 7.99. The van der Waals surface area contributed by atoms with Gasteiger partial charge in [-0.25, -0.2) is 0 Å². The summed E-state index contributed by atoms with van der Waals surface area (Å²) in [5.41, 5.74) is 2.82. The van der Waals surface area contributed by atoms with Gasteiger partial charge < -0.3 is 9.30 Å². The average Bonchev–Trinajstić information content (AvgIpc) is 3.00. The third kappa shape index (κ3) is 3.74. The minimum absolute atomic E-state index is 0.0318. The third-order valence-electron chi connectivity index (χ3n) is 3.94. The number of ketones is 1. The zero-order valence-corrected chi connectivity index (χ0v) is 15.2. The maximum absolute atomic E-state index is 12.4. The molecule has 128 valence electrons. The second-order valence-electron chi connectivity index (χ2n) is 5.62. The number of benzene rings is 2. The summed E-state index contributed by atoms with van der Waals surface area (Å²) in [7, 11) is 3.51. The van der Waals surface area contributed by atoms with Crippen molar-refractivity contribution in [2.75, 3.05) is 12.9 Å². The van der Waals surface area contributed by atoms with E-state index in [-0.39, 0.29) is 5.78 Å². The Balaban J connectivity index is 1.74. The van der Waals surface area contributed by atoms with Crippen LogP contribution in [0.4, 0.5) is 0 Å². The molecule has 3 rings (SSSR count). The maximum Gasteiger partial charge on any atom is 0.191 e. The van der Waals surface area contributed by atoms with E-state index < -0.39 is 0 Å². The Morgan fingerprint density at radius 3 is 2.72 bits per heavy atom. The average molecular weight is 353 g/mol. The Labute approximate surface area is 151 Å². The molecule has 0 unspecified atom stereocenters. The lowest BCUT2D eigenvalue weighted by Gasteiger charge is -2.06. The van der Waals surface area contributed by atoms with Gasteiger partial charge in [-0.2, -0.15) is 0 Å². The molecule has 5 nitrogen and oxygen atoms in total. The number of methoxy groups -OCH3 is 1. The first-order valence-electron chi connectivity index (χ1n) is 7.85. The molecule has 2 aromatic carbocycles. The highest BCUT2D eigenvalue weighted by Gasteiger charge is 2.15. The van der Waals surface area contributed by atoms with Gasteiger partial charge in [-0.1, -0.05) is 48.2 Å². The number of hydrogen-bond donors (Lipinski definition) is 0. The van der Waals surface area contributed by atoms with Crippen molar-refractivity contribution >= 4 is 17.5 Å². The van der Waals surface area contributed by atoms with E-state index in [4.69, 9.17) is 4.74 Å². The van der Waals surface area contributed by atoms with E-state index in [1.807, 2.05) is 54.9 Å². The summed E-state index contributed by atoms with van der Waals surface area (Å²) in [5.74, 6) is 1.81. The predicted molar refractivity (Wildman–Crippen MR) is 99.2 cm³/mol. The van der Waals surface area contributed by atoms with Gasteiger partial charge in [-0.15, -0.1) is 10.2 Å². The van der Waals surface area contributed by atoms with Crippen LogP contribution in [-0.4, -0.2) is 33.4 Å². The van der Waals surface area contributed by atoms with Gasteiger partial charge in [0.25, 0.3) is 0 Å². The fraction of sp³-hybridized carbons (Fsp3) is 0.211. The summed E-state index contributed by atoms with van der Waals surface area (Å²) in [6, 6.07) is 15.2. The molecule has 0 aliphatic heterocycles. The Bertz CT molecular complexity index is 905. The van der Waals surface area contributed by atoms with Gasteiger partial charge in [0.1, 0.15) is 5.75 Å². The van der Waals surface area contributed by atoms with Crippen LogP contribution in [0.15, 0.2) is 53.7 Å². The summed E-state index contributed by atoms with van der Waals surface area (Å²) in [6.45, 7) is 2.04. The van der Waals surface area contributed by atoms with E-state index in [0.29, 0.717) is 17.1 Å². The lowest BCUT2D eigenvalue weighted by molar-refractivity contribution is 0.102. The molecule has 0 spiro atoms. The molecule has 1 heterocycles. The van der Waals surface area contributed by atoms with Gasteiger partial charge in [-0.3, -0.25) is 4.79 Å². The highest BCUT2D eigenvalue weighted by atomic mass is 32.2. The molecule has 0 amide bonds. The smallest absolute Gasteiger partial charge is 0.191 e. The molecule has 1 aromatic heterocycles. The first-order valence-corrected chi connectivity index (χ1v) is 8.84. The van der Waals surface area contributed by atoms with Gasteiger partial charge >= 0.3 is 0 Å². The largest absolute Gasteiger partial charge is 0.497 e. The number of thioether (sulfide) groups is 1. The van der Waals surface area contributed by atoms with E-state index >= 15 is 0 Å². The second kappa shape index (κ2) is 7.53. The fourth-order valence-corrected chi connectivity index (χ4v) is 3.31. The van der Waals surface area contributed by atoms with Crippen LogP contribution in [0.2, 0.25) is 0 Å². The molecular formula is C19H19N3O2S. The number of carbonyl (C=O) groups is 1. The molecule has 0 N–H and O–H groups in total. The Hall–Kier alpha value is -2.60.